The fourth-order valence-corrected chi connectivity index (χ4v) is 3.38. The molecule has 0 radical (unpaired) electrons. The fraction of sp³-hybridized carbons (Fsp3) is 0.273. The molecule has 28 heavy (non-hydrogen) atoms. The van der Waals surface area contributed by atoms with E-state index >= 15 is 0 Å². The smallest absolute Gasteiger partial charge is 0.133 e. The van der Waals surface area contributed by atoms with Gasteiger partial charge < -0.3 is 19.0 Å². The molecule has 0 fully saturated rings. The van der Waals surface area contributed by atoms with Gasteiger partial charge in [0, 0.05) is 18.7 Å². The Morgan fingerprint density at radius 2 is 1.75 bits per heavy atom. The number of nitrogens with zero attached hydrogens (tertiary/aromatic N) is 1. The molecule has 3 aromatic rings. The van der Waals surface area contributed by atoms with Crippen LogP contribution >= 0.6 is 15.9 Å². The van der Waals surface area contributed by atoms with Crippen LogP contribution in [0.2, 0.25) is 0 Å². The molecule has 0 saturated heterocycles. The normalized spacial score (nSPS) is 12.1. The van der Waals surface area contributed by atoms with Gasteiger partial charge in [0.05, 0.1) is 24.4 Å². The summed E-state index contributed by atoms with van der Waals surface area (Å²) in [5.41, 5.74) is 1.05. The largest absolute Gasteiger partial charge is 0.496 e. The molecule has 1 N–H and O–H groups in total. The number of halogens is 1. The van der Waals surface area contributed by atoms with Crippen molar-refractivity contribution in [3.63, 3.8) is 0 Å². The monoisotopic (exact) mass is 445 g/mol. The highest BCUT2D eigenvalue weighted by molar-refractivity contribution is 9.10. The topological polar surface area (TPSA) is 55.1 Å². The van der Waals surface area contributed by atoms with Crippen molar-refractivity contribution in [2.75, 3.05) is 20.3 Å². The molecule has 3 rings (SSSR count). The molecular formula is C22H24BrNO4. The first-order valence-corrected chi connectivity index (χ1v) is 9.87. The maximum Gasteiger partial charge on any atom is 0.133 e. The predicted molar refractivity (Wildman–Crippen MR) is 111 cm³/mol. The molecule has 6 heteroatoms. The van der Waals surface area contributed by atoms with E-state index in [1.165, 1.54) is 0 Å². The zero-order valence-corrected chi connectivity index (χ0v) is 17.3. The Labute approximate surface area is 173 Å². The first-order valence-electron chi connectivity index (χ1n) is 9.07. The van der Waals surface area contributed by atoms with Gasteiger partial charge in [-0.05, 0) is 46.3 Å². The Morgan fingerprint density at radius 3 is 2.46 bits per heavy atom. The summed E-state index contributed by atoms with van der Waals surface area (Å²) in [5.74, 6) is 2.38. The fourth-order valence-electron chi connectivity index (χ4n) is 2.98. The highest BCUT2D eigenvalue weighted by atomic mass is 79.9. The maximum atomic E-state index is 10.6. The number of aliphatic hydroxyl groups excluding tert-OH is 1. The average molecular weight is 446 g/mol. The van der Waals surface area contributed by atoms with E-state index in [0.29, 0.717) is 25.4 Å². The van der Waals surface area contributed by atoms with Gasteiger partial charge in [-0.2, -0.15) is 0 Å². The molecule has 1 heterocycles. The number of rotatable bonds is 10. The second-order valence-corrected chi connectivity index (χ2v) is 7.31. The maximum absolute atomic E-state index is 10.6. The highest BCUT2D eigenvalue weighted by Crippen LogP contribution is 2.24. The van der Waals surface area contributed by atoms with Crippen molar-refractivity contribution in [3.8, 4) is 11.5 Å². The summed E-state index contributed by atoms with van der Waals surface area (Å²) in [6.45, 7) is 1.83. The van der Waals surface area contributed by atoms with Crippen LogP contribution < -0.4 is 9.47 Å². The lowest BCUT2D eigenvalue weighted by molar-refractivity contribution is 0.0599. The van der Waals surface area contributed by atoms with Crippen LogP contribution in [0, 0.1) is 0 Å². The van der Waals surface area contributed by atoms with E-state index in [1.807, 2.05) is 60.7 Å². The molecule has 1 aromatic heterocycles. The van der Waals surface area contributed by atoms with Gasteiger partial charge in [0.25, 0.3) is 0 Å². The predicted octanol–water partition coefficient (Wildman–Crippen LogP) is 4.49. The molecule has 5 nitrogen and oxygen atoms in total. The summed E-state index contributed by atoms with van der Waals surface area (Å²) < 4.78 is 17.6. The molecule has 1 atom stereocenters. The molecule has 1 unspecified atom stereocenters. The van der Waals surface area contributed by atoms with Crippen molar-refractivity contribution in [2.45, 2.75) is 19.2 Å². The van der Waals surface area contributed by atoms with Crippen LogP contribution in [0.1, 0.15) is 11.3 Å². The molecule has 2 aromatic carbocycles. The number of hydrogen-bond acceptors (Lipinski definition) is 5. The molecule has 148 valence electrons. The van der Waals surface area contributed by atoms with Gasteiger partial charge in [0.2, 0.25) is 0 Å². The number of benzene rings is 2. The molecular weight excluding hydrogens is 422 g/mol. The third kappa shape index (κ3) is 5.86. The molecule has 0 aliphatic carbocycles. The van der Waals surface area contributed by atoms with E-state index in [-0.39, 0.29) is 6.61 Å². The highest BCUT2D eigenvalue weighted by Gasteiger charge is 2.17. The number of hydrogen-bond donors (Lipinski definition) is 1. The zero-order valence-electron chi connectivity index (χ0n) is 15.8. The molecule has 0 aliphatic rings. The van der Waals surface area contributed by atoms with Crippen LogP contribution in [0.3, 0.4) is 0 Å². The summed E-state index contributed by atoms with van der Waals surface area (Å²) in [6, 6.07) is 19.3. The minimum absolute atomic E-state index is 0.198. The van der Waals surface area contributed by atoms with Gasteiger partial charge in [-0.25, -0.2) is 0 Å². The first-order chi connectivity index (χ1) is 13.7. The van der Waals surface area contributed by atoms with Crippen LogP contribution in [0.15, 0.2) is 75.8 Å². The second kappa shape index (κ2) is 10.3. The summed E-state index contributed by atoms with van der Waals surface area (Å²) in [5, 5.41) is 10.6. The molecule has 0 spiro atoms. The summed E-state index contributed by atoms with van der Waals surface area (Å²) in [6.07, 6.45) is 1.00. The van der Waals surface area contributed by atoms with Gasteiger partial charge in [-0.3, -0.25) is 4.90 Å². The SMILES string of the molecule is COc1ccccc1CN(Cc1ccco1)CC(O)COc1ccccc1Br. The molecule has 0 bridgehead atoms. The van der Waals surface area contributed by atoms with Crippen molar-refractivity contribution in [1.29, 1.82) is 0 Å². The van der Waals surface area contributed by atoms with E-state index in [1.54, 1.807) is 13.4 Å². The Morgan fingerprint density at radius 1 is 1.00 bits per heavy atom. The number of aliphatic hydroxyl groups is 1. The Bertz CT molecular complexity index is 853. The van der Waals surface area contributed by atoms with Crippen LogP contribution in [-0.2, 0) is 13.1 Å². The van der Waals surface area contributed by atoms with Gasteiger partial charge in [-0.1, -0.05) is 30.3 Å². The molecule has 0 saturated carbocycles. The minimum atomic E-state index is -0.656. The van der Waals surface area contributed by atoms with Gasteiger partial charge in [0.15, 0.2) is 0 Å². The number of methoxy groups -OCH3 is 1. The summed E-state index contributed by atoms with van der Waals surface area (Å²) in [4.78, 5) is 2.12. The first kappa shape index (κ1) is 20.5. The van der Waals surface area contributed by atoms with Gasteiger partial charge in [-0.15, -0.1) is 0 Å². The van der Waals surface area contributed by atoms with Crippen molar-refractivity contribution >= 4 is 15.9 Å². The summed E-state index contributed by atoms with van der Waals surface area (Å²) >= 11 is 3.45. The second-order valence-electron chi connectivity index (χ2n) is 6.46. The third-order valence-corrected chi connectivity index (χ3v) is 4.94. The number of furan rings is 1. The lowest BCUT2D eigenvalue weighted by Crippen LogP contribution is -2.35. The van der Waals surface area contributed by atoms with E-state index < -0.39 is 6.10 Å². The Balaban J connectivity index is 1.65. The zero-order chi connectivity index (χ0) is 19.8. The van der Waals surface area contributed by atoms with Crippen LogP contribution in [0.5, 0.6) is 11.5 Å². The lowest BCUT2D eigenvalue weighted by atomic mass is 10.1. The Hall–Kier alpha value is -2.28. The van der Waals surface area contributed by atoms with Crippen LogP contribution in [-0.4, -0.2) is 36.4 Å². The van der Waals surface area contributed by atoms with Crippen molar-refractivity contribution in [1.82, 2.24) is 4.90 Å². The number of para-hydroxylation sites is 2. The van der Waals surface area contributed by atoms with E-state index in [0.717, 1.165) is 21.5 Å². The van der Waals surface area contributed by atoms with E-state index in [9.17, 15) is 5.11 Å². The Kier molecular flexibility index (Phi) is 7.54. The third-order valence-electron chi connectivity index (χ3n) is 4.28. The number of ether oxygens (including phenoxy) is 2. The van der Waals surface area contributed by atoms with Crippen LogP contribution in [0.4, 0.5) is 0 Å². The van der Waals surface area contributed by atoms with Crippen molar-refractivity contribution in [2.24, 2.45) is 0 Å². The van der Waals surface area contributed by atoms with Crippen molar-refractivity contribution < 1.29 is 19.0 Å². The lowest BCUT2D eigenvalue weighted by Gasteiger charge is -2.25. The molecule has 0 amide bonds. The van der Waals surface area contributed by atoms with E-state index in [2.05, 4.69) is 20.8 Å². The van der Waals surface area contributed by atoms with Gasteiger partial charge in [0.1, 0.15) is 30.0 Å². The van der Waals surface area contributed by atoms with E-state index in [4.69, 9.17) is 13.9 Å². The molecule has 0 aliphatic heterocycles. The van der Waals surface area contributed by atoms with Gasteiger partial charge >= 0.3 is 0 Å². The summed E-state index contributed by atoms with van der Waals surface area (Å²) in [7, 11) is 1.66. The quantitative estimate of drug-likeness (QED) is 0.497. The van der Waals surface area contributed by atoms with Crippen molar-refractivity contribution in [3.05, 3.63) is 82.7 Å². The van der Waals surface area contributed by atoms with Crippen LogP contribution in [0.25, 0.3) is 0 Å². The average Bonchev–Trinajstić information content (AvgIpc) is 3.21. The standard InChI is InChI=1S/C22H24BrNO4/c1-26-21-10-4-2-7-17(21)13-24(15-19-8-6-12-27-19)14-18(25)16-28-22-11-5-3-9-20(22)23/h2-12,18,25H,13-16H2,1H3. The minimum Gasteiger partial charge on any atom is -0.496 e.